The maximum atomic E-state index is 10.9. The van der Waals surface area contributed by atoms with Crippen molar-refractivity contribution >= 4 is 5.97 Å². The molecule has 0 spiro atoms. The van der Waals surface area contributed by atoms with Crippen molar-refractivity contribution in [2.75, 3.05) is 6.54 Å². The Morgan fingerprint density at radius 2 is 1.85 bits per heavy atom. The first kappa shape index (κ1) is 14.3. The van der Waals surface area contributed by atoms with Gasteiger partial charge in [-0.2, -0.15) is 0 Å². The molecule has 104 valence electrons. The minimum absolute atomic E-state index is 0.307. The summed E-state index contributed by atoms with van der Waals surface area (Å²) in [7, 11) is 0. The van der Waals surface area contributed by atoms with Gasteiger partial charge >= 0.3 is 5.97 Å². The normalized spacial score (nSPS) is 12.1. The zero-order valence-electron chi connectivity index (χ0n) is 11.5. The molecule has 3 N–H and O–H groups in total. The van der Waals surface area contributed by atoms with Crippen LogP contribution in [0.3, 0.4) is 0 Å². The molecular formula is C17H19NO2. The molecule has 1 unspecified atom stereocenters. The van der Waals surface area contributed by atoms with Crippen molar-refractivity contribution in [1.29, 1.82) is 0 Å². The Morgan fingerprint density at radius 1 is 1.15 bits per heavy atom. The van der Waals surface area contributed by atoms with Crippen LogP contribution in [0.2, 0.25) is 0 Å². The van der Waals surface area contributed by atoms with Crippen molar-refractivity contribution in [3.63, 3.8) is 0 Å². The van der Waals surface area contributed by atoms with Crippen molar-refractivity contribution in [3.05, 3.63) is 59.7 Å². The minimum atomic E-state index is -0.901. The van der Waals surface area contributed by atoms with Gasteiger partial charge in [0.2, 0.25) is 0 Å². The van der Waals surface area contributed by atoms with Gasteiger partial charge in [-0.15, -0.1) is 0 Å². The number of hydrogen-bond acceptors (Lipinski definition) is 2. The van der Waals surface area contributed by atoms with Gasteiger partial charge in [-0.05, 0) is 47.7 Å². The van der Waals surface area contributed by atoms with E-state index in [4.69, 9.17) is 10.8 Å². The lowest BCUT2D eigenvalue weighted by molar-refractivity contribution is 0.0697. The highest BCUT2D eigenvalue weighted by Crippen LogP contribution is 2.25. The Hall–Kier alpha value is -2.13. The number of carboxylic acid groups (broad SMARTS) is 1. The lowest BCUT2D eigenvalue weighted by Gasteiger charge is -2.12. The van der Waals surface area contributed by atoms with Gasteiger partial charge in [0.15, 0.2) is 0 Å². The predicted molar refractivity (Wildman–Crippen MR) is 80.9 cm³/mol. The van der Waals surface area contributed by atoms with Crippen LogP contribution in [0.1, 0.15) is 35.2 Å². The molecule has 0 aromatic heterocycles. The molecule has 0 aliphatic carbocycles. The molecule has 1 atom stereocenters. The van der Waals surface area contributed by atoms with Crippen LogP contribution >= 0.6 is 0 Å². The van der Waals surface area contributed by atoms with Gasteiger partial charge in [-0.3, -0.25) is 0 Å². The van der Waals surface area contributed by atoms with Crippen LogP contribution in [-0.2, 0) is 0 Å². The summed E-state index contributed by atoms with van der Waals surface area (Å²) in [4.78, 5) is 10.9. The lowest BCUT2D eigenvalue weighted by atomic mass is 9.94. The van der Waals surface area contributed by atoms with Gasteiger partial charge in [0.1, 0.15) is 0 Å². The summed E-state index contributed by atoms with van der Waals surface area (Å²) in [6.07, 6.45) is 0.960. The topological polar surface area (TPSA) is 63.3 Å². The summed E-state index contributed by atoms with van der Waals surface area (Å²) in [5.41, 5.74) is 9.30. The van der Waals surface area contributed by atoms with Crippen LogP contribution in [0, 0.1) is 0 Å². The fourth-order valence-electron chi connectivity index (χ4n) is 2.25. The number of benzene rings is 2. The monoisotopic (exact) mass is 269 g/mol. The van der Waals surface area contributed by atoms with E-state index in [0.717, 1.165) is 17.5 Å². The smallest absolute Gasteiger partial charge is 0.335 e. The number of hydrogen-bond donors (Lipinski definition) is 2. The molecule has 0 fully saturated rings. The zero-order valence-corrected chi connectivity index (χ0v) is 11.5. The van der Waals surface area contributed by atoms with Crippen molar-refractivity contribution in [1.82, 2.24) is 0 Å². The number of carboxylic acids is 1. The van der Waals surface area contributed by atoms with E-state index in [0.29, 0.717) is 18.0 Å². The maximum absolute atomic E-state index is 10.9. The zero-order chi connectivity index (χ0) is 14.5. The van der Waals surface area contributed by atoms with E-state index >= 15 is 0 Å². The molecule has 2 rings (SSSR count). The van der Waals surface area contributed by atoms with Crippen LogP contribution in [0.4, 0.5) is 0 Å². The van der Waals surface area contributed by atoms with Crippen molar-refractivity contribution in [3.8, 4) is 11.1 Å². The van der Waals surface area contributed by atoms with Gasteiger partial charge in [0.05, 0.1) is 5.56 Å². The van der Waals surface area contributed by atoms with Gasteiger partial charge in [0, 0.05) is 0 Å². The Balaban J connectivity index is 2.28. The molecule has 20 heavy (non-hydrogen) atoms. The standard InChI is InChI=1S/C17H19NO2/c1-12(9-10-18)15-3-2-4-16(11-15)13-5-7-14(8-6-13)17(19)20/h2-8,11-12H,9-10,18H2,1H3,(H,19,20). The molecular weight excluding hydrogens is 250 g/mol. The minimum Gasteiger partial charge on any atom is -0.478 e. The molecule has 0 bridgehead atoms. The summed E-state index contributed by atoms with van der Waals surface area (Å²) in [6, 6.07) is 15.3. The largest absolute Gasteiger partial charge is 0.478 e. The average molecular weight is 269 g/mol. The summed E-state index contributed by atoms with van der Waals surface area (Å²) in [6.45, 7) is 2.85. The predicted octanol–water partition coefficient (Wildman–Crippen LogP) is 3.50. The summed E-state index contributed by atoms with van der Waals surface area (Å²) in [5, 5.41) is 8.91. The van der Waals surface area contributed by atoms with Gasteiger partial charge in [0.25, 0.3) is 0 Å². The molecule has 0 amide bonds. The second kappa shape index (κ2) is 6.35. The third-order valence-corrected chi connectivity index (χ3v) is 3.52. The summed E-state index contributed by atoms with van der Waals surface area (Å²) >= 11 is 0. The Morgan fingerprint density at radius 3 is 2.45 bits per heavy atom. The van der Waals surface area contributed by atoms with Crippen LogP contribution in [0.25, 0.3) is 11.1 Å². The highest BCUT2D eigenvalue weighted by Gasteiger charge is 2.07. The first-order chi connectivity index (χ1) is 9.61. The summed E-state index contributed by atoms with van der Waals surface area (Å²) in [5.74, 6) is -0.472. The van der Waals surface area contributed by atoms with E-state index in [1.54, 1.807) is 12.1 Å². The highest BCUT2D eigenvalue weighted by atomic mass is 16.4. The molecule has 0 saturated heterocycles. The quantitative estimate of drug-likeness (QED) is 0.873. The van der Waals surface area contributed by atoms with Gasteiger partial charge in [-0.1, -0.05) is 43.3 Å². The average Bonchev–Trinajstić information content (AvgIpc) is 2.48. The molecule has 3 heteroatoms. The Kier molecular flexibility index (Phi) is 4.53. The van der Waals surface area contributed by atoms with Crippen LogP contribution in [0.5, 0.6) is 0 Å². The molecule has 0 heterocycles. The van der Waals surface area contributed by atoms with Gasteiger partial charge < -0.3 is 10.8 Å². The van der Waals surface area contributed by atoms with Crippen LogP contribution < -0.4 is 5.73 Å². The SMILES string of the molecule is CC(CCN)c1cccc(-c2ccc(C(=O)O)cc2)c1. The Bertz CT molecular complexity index is 590. The number of carbonyl (C=O) groups is 1. The third-order valence-electron chi connectivity index (χ3n) is 3.52. The van der Waals surface area contributed by atoms with E-state index in [-0.39, 0.29) is 0 Å². The third kappa shape index (κ3) is 3.25. The van der Waals surface area contributed by atoms with E-state index < -0.39 is 5.97 Å². The van der Waals surface area contributed by atoms with Crippen molar-refractivity contribution < 1.29 is 9.90 Å². The second-order valence-corrected chi connectivity index (χ2v) is 4.99. The Labute approximate surface area is 119 Å². The fourth-order valence-corrected chi connectivity index (χ4v) is 2.25. The van der Waals surface area contributed by atoms with Crippen molar-refractivity contribution in [2.24, 2.45) is 5.73 Å². The summed E-state index contributed by atoms with van der Waals surface area (Å²) < 4.78 is 0. The van der Waals surface area contributed by atoms with Gasteiger partial charge in [-0.25, -0.2) is 4.79 Å². The fraction of sp³-hybridized carbons (Fsp3) is 0.235. The van der Waals surface area contributed by atoms with E-state index in [1.165, 1.54) is 5.56 Å². The molecule has 0 aliphatic rings. The molecule has 3 nitrogen and oxygen atoms in total. The van der Waals surface area contributed by atoms with Crippen LogP contribution in [-0.4, -0.2) is 17.6 Å². The molecule has 0 saturated carbocycles. The first-order valence-corrected chi connectivity index (χ1v) is 6.75. The molecule has 0 radical (unpaired) electrons. The molecule has 2 aromatic rings. The molecule has 0 aliphatic heterocycles. The first-order valence-electron chi connectivity index (χ1n) is 6.75. The number of nitrogens with two attached hydrogens (primary N) is 1. The molecule has 2 aromatic carbocycles. The van der Waals surface area contributed by atoms with Crippen LogP contribution in [0.15, 0.2) is 48.5 Å². The highest BCUT2D eigenvalue weighted by molar-refractivity contribution is 5.88. The second-order valence-electron chi connectivity index (χ2n) is 4.99. The number of aromatic carboxylic acids is 1. The maximum Gasteiger partial charge on any atom is 0.335 e. The number of rotatable bonds is 5. The van der Waals surface area contributed by atoms with Crippen molar-refractivity contribution in [2.45, 2.75) is 19.3 Å². The van der Waals surface area contributed by atoms with E-state index in [9.17, 15) is 4.79 Å². The lowest BCUT2D eigenvalue weighted by Crippen LogP contribution is -2.04. The van der Waals surface area contributed by atoms with E-state index in [1.807, 2.05) is 24.3 Å². The van der Waals surface area contributed by atoms with E-state index in [2.05, 4.69) is 19.1 Å².